The summed E-state index contributed by atoms with van der Waals surface area (Å²) in [6, 6.07) is 19.0. The molecule has 27 heavy (non-hydrogen) atoms. The topological polar surface area (TPSA) is 69.4 Å². The molecule has 0 unspecified atom stereocenters. The van der Waals surface area contributed by atoms with Gasteiger partial charge in [-0.1, -0.05) is 18.2 Å². The molecule has 2 aromatic carbocycles. The van der Waals surface area contributed by atoms with Gasteiger partial charge >= 0.3 is 0 Å². The summed E-state index contributed by atoms with van der Waals surface area (Å²) in [6.45, 7) is 0.819. The fourth-order valence-corrected chi connectivity index (χ4v) is 3.41. The van der Waals surface area contributed by atoms with Crippen LogP contribution in [0.25, 0.3) is 33.1 Å². The van der Waals surface area contributed by atoms with Crippen molar-refractivity contribution in [3.8, 4) is 11.3 Å². The molecule has 3 aromatic heterocycles. The molecule has 5 aromatic rings. The molecule has 0 fully saturated rings. The van der Waals surface area contributed by atoms with E-state index in [1.165, 1.54) is 21.9 Å². The Labute approximate surface area is 156 Å². The van der Waals surface area contributed by atoms with Gasteiger partial charge in [-0.15, -0.1) is 0 Å². The quantitative estimate of drug-likeness (QED) is 0.427. The maximum atomic E-state index is 4.43. The van der Waals surface area contributed by atoms with Crippen molar-refractivity contribution in [2.75, 3.05) is 11.9 Å². The van der Waals surface area contributed by atoms with Crippen LogP contribution in [0.4, 0.5) is 5.82 Å². The van der Waals surface area contributed by atoms with Gasteiger partial charge < -0.3 is 15.3 Å². The zero-order valence-corrected chi connectivity index (χ0v) is 14.7. The Morgan fingerprint density at radius 2 is 1.67 bits per heavy atom. The van der Waals surface area contributed by atoms with Crippen LogP contribution in [-0.4, -0.2) is 26.5 Å². The SMILES string of the molecule is c1nc(NCCc2ccc3cc[nH]c3c2)cc(-c2ccc3[nH]ccc3c2)n1. The number of hydrogen-bond donors (Lipinski definition) is 3. The van der Waals surface area contributed by atoms with Gasteiger partial charge in [-0.2, -0.15) is 0 Å². The third-order valence-electron chi connectivity index (χ3n) is 4.86. The standard InChI is InChI=1S/C22H19N5/c1-2-16-6-9-24-20(16)11-15(1)5-8-25-22-13-21(26-14-27-22)17-3-4-19-18(12-17)7-10-23-19/h1-4,6-7,9-14,23-24H,5,8H2,(H,25,26,27). The number of rotatable bonds is 5. The summed E-state index contributed by atoms with van der Waals surface area (Å²) in [4.78, 5) is 15.3. The van der Waals surface area contributed by atoms with E-state index in [0.29, 0.717) is 0 Å². The van der Waals surface area contributed by atoms with E-state index in [2.05, 4.69) is 73.8 Å². The van der Waals surface area contributed by atoms with Gasteiger partial charge in [0.2, 0.25) is 0 Å². The summed E-state index contributed by atoms with van der Waals surface area (Å²) in [5, 5.41) is 5.83. The van der Waals surface area contributed by atoms with Gasteiger partial charge in [-0.05, 0) is 47.7 Å². The second-order valence-corrected chi connectivity index (χ2v) is 6.64. The normalized spacial score (nSPS) is 11.3. The molecule has 0 atom stereocenters. The molecule has 0 aliphatic heterocycles. The lowest BCUT2D eigenvalue weighted by Gasteiger charge is -2.08. The van der Waals surface area contributed by atoms with E-state index in [1.807, 2.05) is 18.5 Å². The average Bonchev–Trinajstić information content (AvgIpc) is 3.36. The van der Waals surface area contributed by atoms with Crippen molar-refractivity contribution < 1.29 is 0 Å². The number of benzene rings is 2. The highest BCUT2D eigenvalue weighted by Gasteiger charge is 2.04. The molecule has 132 valence electrons. The van der Waals surface area contributed by atoms with Gasteiger partial charge in [0.15, 0.2) is 0 Å². The van der Waals surface area contributed by atoms with E-state index in [9.17, 15) is 0 Å². The van der Waals surface area contributed by atoms with Crippen LogP contribution in [0.1, 0.15) is 5.56 Å². The molecule has 0 saturated heterocycles. The monoisotopic (exact) mass is 353 g/mol. The van der Waals surface area contributed by atoms with Crippen LogP contribution in [0.2, 0.25) is 0 Å². The predicted octanol–water partition coefficient (Wildman–Crippen LogP) is 4.76. The lowest BCUT2D eigenvalue weighted by atomic mass is 10.1. The largest absolute Gasteiger partial charge is 0.370 e. The number of nitrogens with zero attached hydrogens (tertiary/aromatic N) is 2. The Balaban J connectivity index is 1.30. The molecule has 0 amide bonds. The molecule has 3 heterocycles. The van der Waals surface area contributed by atoms with E-state index >= 15 is 0 Å². The summed E-state index contributed by atoms with van der Waals surface area (Å²) < 4.78 is 0. The van der Waals surface area contributed by atoms with Crippen molar-refractivity contribution in [3.63, 3.8) is 0 Å². The Morgan fingerprint density at radius 3 is 2.63 bits per heavy atom. The molecular weight excluding hydrogens is 334 g/mol. The maximum Gasteiger partial charge on any atom is 0.129 e. The molecule has 0 spiro atoms. The van der Waals surface area contributed by atoms with Crippen LogP contribution in [0.3, 0.4) is 0 Å². The molecule has 5 heteroatoms. The fourth-order valence-electron chi connectivity index (χ4n) is 3.41. The minimum atomic E-state index is 0.819. The summed E-state index contributed by atoms with van der Waals surface area (Å²) in [5.41, 5.74) is 5.61. The van der Waals surface area contributed by atoms with Gasteiger partial charge in [-0.25, -0.2) is 9.97 Å². The van der Waals surface area contributed by atoms with Crippen molar-refractivity contribution >= 4 is 27.6 Å². The molecule has 0 radical (unpaired) electrons. The molecule has 0 saturated carbocycles. The minimum absolute atomic E-state index is 0.819. The van der Waals surface area contributed by atoms with Crippen molar-refractivity contribution in [2.24, 2.45) is 0 Å². The molecule has 0 aliphatic rings. The maximum absolute atomic E-state index is 4.43. The Bertz CT molecular complexity index is 1220. The van der Waals surface area contributed by atoms with Gasteiger partial charge in [-0.3, -0.25) is 0 Å². The van der Waals surface area contributed by atoms with Gasteiger partial charge in [0, 0.05) is 47.0 Å². The molecule has 0 aliphatic carbocycles. The highest BCUT2D eigenvalue weighted by Crippen LogP contribution is 2.23. The zero-order chi connectivity index (χ0) is 18.1. The summed E-state index contributed by atoms with van der Waals surface area (Å²) in [7, 11) is 0. The minimum Gasteiger partial charge on any atom is -0.370 e. The van der Waals surface area contributed by atoms with Crippen molar-refractivity contribution in [1.29, 1.82) is 0 Å². The van der Waals surface area contributed by atoms with Crippen molar-refractivity contribution in [3.05, 3.63) is 78.9 Å². The lowest BCUT2D eigenvalue weighted by molar-refractivity contribution is 1.00. The number of nitrogens with one attached hydrogen (secondary N) is 3. The average molecular weight is 353 g/mol. The smallest absolute Gasteiger partial charge is 0.129 e. The molecule has 0 bridgehead atoms. The second kappa shape index (κ2) is 6.61. The molecule has 5 rings (SSSR count). The zero-order valence-electron chi connectivity index (χ0n) is 14.7. The first-order chi connectivity index (χ1) is 13.3. The Kier molecular flexibility index (Phi) is 3.83. The van der Waals surface area contributed by atoms with Gasteiger partial charge in [0.05, 0.1) is 5.69 Å². The highest BCUT2D eigenvalue weighted by atomic mass is 15.0. The van der Waals surface area contributed by atoms with Crippen LogP contribution in [-0.2, 0) is 6.42 Å². The Morgan fingerprint density at radius 1 is 0.778 bits per heavy atom. The first-order valence-corrected chi connectivity index (χ1v) is 9.05. The number of H-pyrrole nitrogens is 2. The number of fused-ring (bicyclic) bond motifs is 2. The third-order valence-corrected chi connectivity index (χ3v) is 4.86. The number of aromatic nitrogens is 4. The second-order valence-electron chi connectivity index (χ2n) is 6.64. The van der Waals surface area contributed by atoms with E-state index in [4.69, 9.17) is 0 Å². The van der Waals surface area contributed by atoms with E-state index < -0.39 is 0 Å². The van der Waals surface area contributed by atoms with Gasteiger partial charge in [0.1, 0.15) is 12.1 Å². The van der Waals surface area contributed by atoms with Crippen LogP contribution < -0.4 is 5.32 Å². The van der Waals surface area contributed by atoms with Crippen LogP contribution in [0.5, 0.6) is 0 Å². The van der Waals surface area contributed by atoms with E-state index in [0.717, 1.165) is 35.6 Å². The van der Waals surface area contributed by atoms with Crippen molar-refractivity contribution in [1.82, 2.24) is 19.9 Å². The molecule has 3 N–H and O–H groups in total. The summed E-state index contributed by atoms with van der Waals surface area (Å²) >= 11 is 0. The summed E-state index contributed by atoms with van der Waals surface area (Å²) in [6.07, 6.45) is 6.47. The van der Waals surface area contributed by atoms with E-state index in [-0.39, 0.29) is 0 Å². The lowest BCUT2D eigenvalue weighted by Crippen LogP contribution is -2.06. The highest BCUT2D eigenvalue weighted by molar-refractivity contribution is 5.84. The van der Waals surface area contributed by atoms with Crippen LogP contribution in [0.15, 0.2) is 73.3 Å². The molecular formula is C22H19N5. The first-order valence-electron chi connectivity index (χ1n) is 9.05. The van der Waals surface area contributed by atoms with Crippen LogP contribution >= 0.6 is 0 Å². The number of anilines is 1. The Hall–Kier alpha value is -3.60. The van der Waals surface area contributed by atoms with Crippen LogP contribution in [0, 0.1) is 0 Å². The molecule has 5 nitrogen and oxygen atoms in total. The number of aromatic amines is 2. The number of hydrogen-bond acceptors (Lipinski definition) is 3. The van der Waals surface area contributed by atoms with E-state index in [1.54, 1.807) is 6.33 Å². The fraction of sp³-hybridized carbons (Fsp3) is 0.0909. The summed E-state index contributed by atoms with van der Waals surface area (Å²) in [5.74, 6) is 0.843. The van der Waals surface area contributed by atoms with Gasteiger partial charge in [0.25, 0.3) is 0 Å². The third kappa shape index (κ3) is 3.15. The van der Waals surface area contributed by atoms with Crippen molar-refractivity contribution in [2.45, 2.75) is 6.42 Å². The predicted molar refractivity (Wildman–Crippen MR) is 110 cm³/mol. The first kappa shape index (κ1) is 15.6.